The molecule has 0 aliphatic heterocycles. The Kier molecular flexibility index (Phi) is 5.74. The quantitative estimate of drug-likeness (QED) is 0.367. The molecule has 3 aromatic carbocycles. The van der Waals surface area contributed by atoms with Gasteiger partial charge in [-0.15, -0.1) is 10.2 Å². The highest BCUT2D eigenvalue weighted by Crippen LogP contribution is 2.38. The average molecular weight is 422 g/mol. The third kappa shape index (κ3) is 4.09. The van der Waals surface area contributed by atoms with E-state index in [4.69, 9.17) is 23.2 Å². The molecule has 0 saturated carbocycles. The molecule has 6 heteroatoms. The Morgan fingerprint density at radius 3 is 1.86 bits per heavy atom. The lowest BCUT2D eigenvalue weighted by Gasteiger charge is -2.28. The molecule has 0 amide bonds. The molecule has 4 aromatic rings. The van der Waals surface area contributed by atoms with Crippen molar-refractivity contribution in [3.8, 4) is 0 Å². The van der Waals surface area contributed by atoms with Gasteiger partial charge in [-0.25, -0.2) is 0 Å². The third-order valence-electron chi connectivity index (χ3n) is 4.86. The Balaban J connectivity index is 1.90. The first-order valence-corrected chi connectivity index (χ1v) is 9.84. The van der Waals surface area contributed by atoms with Gasteiger partial charge in [0.1, 0.15) is 18.7 Å². The van der Waals surface area contributed by atoms with E-state index in [-0.39, 0.29) is 11.7 Å². The van der Waals surface area contributed by atoms with E-state index in [1.165, 1.54) is 0 Å². The molecule has 0 fully saturated rings. The number of hydrogen-bond donors (Lipinski definition) is 0. The van der Waals surface area contributed by atoms with Crippen LogP contribution >= 0.6 is 23.2 Å². The van der Waals surface area contributed by atoms with E-state index in [1.54, 1.807) is 35.4 Å². The van der Waals surface area contributed by atoms with Crippen molar-refractivity contribution in [1.82, 2.24) is 14.8 Å². The molecule has 0 aliphatic carbocycles. The first-order valence-electron chi connectivity index (χ1n) is 9.08. The second-order valence-electron chi connectivity index (χ2n) is 6.64. The van der Waals surface area contributed by atoms with Gasteiger partial charge >= 0.3 is 0 Å². The summed E-state index contributed by atoms with van der Waals surface area (Å²) in [5, 5.41) is 8.67. The lowest BCUT2D eigenvalue weighted by molar-refractivity contribution is 0.0914. The Hall–Kier alpha value is -2.95. The Morgan fingerprint density at radius 1 is 0.793 bits per heavy atom. The maximum Gasteiger partial charge on any atom is 0.188 e. The molecule has 144 valence electrons. The normalized spacial score (nSPS) is 12.1. The number of nitrogens with zero attached hydrogens (tertiary/aromatic N) is 3. The zero-order chi connectivity index (χ0) is 20.2. The van der Waals surface area contributed by atoms with Crippen LogP contribution in [-0.4, -0.2) is 20.5 Å². The van der Waals surface area contributed by atoms with E-state index in [2.05, 4.69) is 10.2 Å². The molecular weight excluding hydrogens is 405 g/mol. The summed E-state index contributed by atoms with van der Waals surface area (Å²) in [7, 11) is 0. The molecule has 0 radical (unpaired) electrons. The van der Waals surface area contributed by atoms with Crippen LogP contribution in [0.4, 0.5) is 0 Å². The van der Waals surface area contributed by atoms with Crippen molar-refractivity contribution in [1.29, 1.82) is 0 Å². The highest BCUT2D eigenvalue weighted by Gasteiger charge is 2.34. The summed E-state index contributed by atoms with van der Waals surface area (Å²) in [5.41, 5.74) is 2.43. The summed E-state index contributed by atoms with van der Waals surface area (Å²) in [5.74, 6) is -0.392. The SMILES string of the molecule is O=C(c1ccc(Cl)cc1Cl)C(C(c1ccccc1)c1ccccc1)n1cnnc1. The molecular formula is C23H17Cl2N3O. The highest BCUT2D eigenvalue weighted by atomic mass is 35.5. The van der Waals surface area contributed by atoms with Crippen molar-refractivity contribution in [2.45, 2.75) is 12.0 Å². The van der Waals surface area contributed by atoms with Gasteiger partial charge in [-0.3, -0.25) is 4.79 Å². The molecule has 4 rings (SSSR count). The van der Waals surface area contributed by atoms with Gasteiger partial charge in [-0.1, -0.05) is 83.9 Å². The number of carbonyl (C=O) groups is 1. The predicted octanol–water partition coefficient (Wildman–Crippen LogP) is 5.84. The minimum absolute atomic E-state index is 0.135. The topological polar surface area (TPSA) is 47.8 Å². The smallest absolute Gasteiger partial charge is 0.188 e. The van der Waals surface area contributed by atoms with Crippen LogP contribution in [0.3, 0.4) is 0 Å². The number of carbonyl (C=O) groups excluding carboxylic acids is 1. The lowest BCUT2D eigenvalue weighted by Crippen LogP contribution is -2.27. The number of halogens is 2. The van der Waals surface area contributed by atoms with Crippen LogP contribution in [0, 0.1) is 0 Å². The summed E-state index contributed by atoms with van der Waals surface area (Å²) >= 11 is 12.4. The fourth-order valence-electron chi connectivity index (χ4n) is 3.54. The average Bonchev–Trinajstić information content (AvgIpc) is 3.27. The monoisotopic (exact) mass is 421 g/mol. The summed E-state index contributed by atoms with van der Waals surface area (Å²) < 4.78 is 1.73. The van der Waals surface area contributed by atoms with Gasteiger partial charge in [0.05, 0.1) is 5.02 Å². The standard InChI is InChI=1S/C23H17Cl2N3O/c24-18-11-12-19(20(25)13-18)23(29)22(28-14-26-27-15-28)21(16-7-3-1-4-8-16)17-9-5-2-6-10-17/h1-15,21-22H. The molecule has 29 heavy (non-hydrogen) atoms. The predicted molar refractivity (Wildman–Crippen MR) is 115 cm³/mol. The number of ketones is 1. The van der Waals surface area contributed by atoms with Crippen molar-refractivity contribution >= 4 is 29.0 Å². The maximum absolute atomic E-state index is 13.8. The molecule has 0 spiro atoms. The van der Waals surface area contributed by atoms with E-state index in [0.717, 1.165) is 11.1 Å². The molecule has 0 saturated heterocycles. The van der Waals surface area contributed by atoms with Crippen LogP contribution in [0.15, 0.2) is 91.5 Å². The van der Waals surface area contributed by atoms with Gasteiger partial charge in [-0.2, -0.15) is 0 Å². The fourth-order valence-corrected chi connectivity index (χ4v) is 4.04. The van der Waals surface area contributed by atoms with Gasteiger partial charge < -0.3 is 4.57 Å². The molecule has 1 atom stereocenters. The van der Waals surface area contributed by atoms with Crippen molar-refractivity contribution in [3.05, 3.63) is 118 Å². The summed E-state index contributed by atoms with van der Waals surface area (Å²) in [6.45, 7) is 0. The molecule has 1 heterocycles. The second-order valence-corrected chi connectivity index (χ2v) is 7.49. The number of rotatable bonds is 6. The van der Waals surface area contributed by atoms with Crippen LogP contribution in [0.5, 0.6) is 0 Å². The molecule has 0 aliphatic rings. The molecule has 1 aromatic heterocycles. The zero-order valence-corrected chi connectivity index (χ0v) is 16.8. The van der Waals surface area contributed by atoms with Crippen LogP contribution in [0.25, 0.3) is 0 Å². The molecule has 4 nitrogen and oxygen atoms in total. The molecule has 1 unspecified atom stereocenters. The molecule has 0 N–H and O–H groups in total. The maximum atomic E-state index is 13.8. The van der Waals surface area contributed by atoms with E-state index in [9.17, 15) is 4.79 Å². The Labute approximate surface area is 178 Å². The van der Waals surface area contributed by atoms with Gasteiger partial charge in [0.25, 0.3) is 0 Å². The van der Waals surface area contributed by atoms with Crippen molar-refractivity contribution in [2.75, 3.05) is 0 Å². The number of hydrogen-bond acceptors (Lipinski definition) is 3. The summed E-state index contributed by atoms with van der Waals surface area (Å²) in [6, 6.07) is 24.2. The fraction of sp³-hybridized carbons (Fsp3) is 0.0870. The Bertz CT molecular complexity index is 1060. The zero-order valence-electron chi connectivity index (χ0n) is 15.3. The van der Waals surface area contributed by atoms with Crippen molar-refractivity contribution in [2.24, 2.45) is 0 Å². The van der Waals surface area contributed by atoms with Gasteiger partial charge in [0.15, 0.2) is 5.78 Å². The van der Waals surface area contributed by atoms with Crippen LogP contribution in [0.1, 0.15) is 33.4 Å². The first kappa shape index (κ1) is 19.4. The Morgan fingerprint density at radius 2 is 1.34 bits per heavy atom. The van der Waals surface area contributed by atoms with Crippen LogP contribution in [0.2, 0.25) is 10.0 Å². The highest BCUT2D eigenvalue weighted by molar-refractivity contribution is 6.37. The third-order valence-corrected chi connectivity index (χ3v) is 5.40. The minimum atomic E-state index is -0.617. The number of Topliss-reactive ketones (excluding diaryl/α,β-unsaturated/α-hetero) is 1. The van der Waals surface area contributed by atoms with Crippen LogP contribution in [-0.2, 0) is 0 Å². The number of benzene rings is 3. The lowest BCUT2D eigenvalue weighted by atomic mass is 9.81. The first-order chi connectivity index (χ1) is 14.1. The summed E-state index contributed by atoms with van der Waals surface area (Å²) in [4.78, 5) is 13.8. The van der Waals surface area contributed by atoms with Crippen molar-refractivity contribution in [3.63, 3.8) is 0 Å². The second kappa shape index (κ2) is 8.60. The van der Waals surface area contributed by atoms with Gasteiger partial charge in [0.2, 0.25) is 0 Å². The van der Waals surface area contributed by atoms with E-state index in [0.29, 0.717) is 15.6 Å². The molecule has 0 bridgehead atoms. The summed E-state index contributed by atoms with van der Waals surface area (Å²) in [6.07, 6.45) is 3.12. The van der Waals surface area contributed by atoms with E-state index >= 15 is 0 Å². The van der Waals surface area contributed by atoms with Crippen molar-refractivity contribution < 1.29 is 4.79 Å². The van der Waals surface area contributed by atoms with Crippen LogP contribution < -0.4 is 0 Å². The van der Waals surface area contributed by atoms with E-state index in [1.807, 2.05) is 60.7 Å². The number of aromatic nitrogens is 3. The van der Waals surface area contributed by atoms with Gasteiger partial charge in [-0.05, 0) is 29.3 Å². The van der Waals surface area contributed by atoms with Gasteiger partial charge in [0, 0.05) is 16.5 Å². The van der Waals surface area contributed by atoms with E-state index < -0.39 is 6.04 Å². The minimum Gasteiger partial charge on any atom is -0.308 e. The largest absolute Gasteiger partial charge is 0.308 e.